The van der Waals surface area contributed by atoms with Crippen molar-refractivity contribution in [2.24, 2.45) is 5.92 Å². The van der Waals surface area contributed by atoms with Crippen molar-refractivity contribution in [3.8, 4) is 0 Å². The number of thioether (sulfide) groups is 1. The summed E-state index contributed by atoms with van der Waals surface area (Å²) >= 11 is 9.11. The van der Waals surface area contributed by atoms with Gasteiger partial charge >= 0.3 is 0 Å². The standard InChI is InChI=1S/C23H23ClN4O3S2/c1-12-3-5-15-17(9-12)33-21-19(15)20(29)26-18(27-21)11-32-23-25-16-10-13(24)4-6-14(16)22(30)28(23)7-8-31-2/h4,6,10,12H,3,5,7-9,11H2,1-2H3,(H,26,27,29). The largest absolute Gasteiger partial charge is 0.383 e. The highest BCUT2D eigenvalue weighted by molar-refractivity contribution is 7.98. The lowest BCUT2D eigenvalue weighted by atomic mass is 9.89. The molecule has 0 bridgehead atoms. The zero-order valence-electron chi connectivity index (χ0n) is 18.3. The van der Waals surface area contributed by atoms with Gasteiger partial charge in [-0.2, -0.15) is 0 Å². The minimum absolute atomic E-state index is 0.0855. The molecule has 0 spiro atoms. The number of H-pyrrole nitrogens is 1. The molecular formula is C23H23ClN4O3S2. The molecule has 0 saturated carbocycles. The van der Waals surface area contributed by atoms with Gasteiger partial charge < -0.3 is 9.72 Å². The Bertz CT molecular complexity index is 1480. The van der Waals surface area contributed by atoms with Gasteiger partial charge in [0.25, 0.3) is 11.1 Å². The fraction of sp³-hybridized carbons (Fsp3) is 0.391. The maximum Gasteiger partial charge on any atom is 0.262 e. The molecule has 1 unspecified atom stereocenters. The number of aromatic amines is 1. The van der Waals surface area contributed by atoms with Crippen LogP contribution in [0.15, 0.2) is 32.9 Å². The van der Waals surface area contributed by atoms with E-state index in [-0.39, 0.29) is 11.1 Å². The summed E-state index contributed by atoms with van der Waals surface area (Å²) in [5.41, 5.74) is 1.48. The maximum absolute atomic E-state index is 13.1. The lowest BCUT2D eigenvalue weighted by molar-refractivity contribution is 0.183. The predicted octanol–water partition coefficient (Wildman–Crippen LogP) is 4.41. The third-order valence-electron chi connectivity index (χ3n) is 5.95. The fourth-order valence-electron chi connectivity index (χ4n) is 4.26. The number of hydrogen-bond donors (Lipinski definition) is 1. The molecule has 1 N–H and O–H groups in total. The molecular weight excluding hydrogens is 480 g/mol. The Hall–Kier alpha value is -2.20. The highest BCUT2D eigenvalue weighted by Crippen LogP contribution is 2.35. The first-order valence-electron chi connectivity index (χ1n) is 10.8. The van der Waals surface area contributed by atoms with Gasteiger partial charge in [0, 0.05) is 17.0 Å². The van der Waals surface area contributed by atoms with E-state index in [2.05, 4.69) is 16.9 Å². The van der Waals surface area contributed by atoms with Crippen molar-refractivity contribution in [2.75, 3.05) is 13.7 Å². The van der Waals surface area contributed by atoms with Crippen molar-refractivity contribution in [1.82, 2.24) is 19.5 Å². The number of halogens is 1. The molecule has 0 amide bonds. The first-order valence-corrected chi connectivity index (χ1v) is 13.0. The first kappa shape index (κ1) is 22.6. The zero-order valence-corrected chi connectivity index (χ0v) is 20.7. The molecule has 0 radical (unpaired) electrons. The number of methoxy groups -OCH3 is 1. The maximum atomic E-state index is 13.1. The number of benzene rings is 1. The minimum Gasteiger partial charge on any atom is -0.383 e. The van der Waals surface area contributed by atoms with Gasteiger partial charge in [-0.1, -0.05) is 30.3 Å². The van der Waals surface area contributed by atoms with Gasteiger partial charge in [-0.25, -0.2) is 9.97 Å². The van der Waals surface area contributed by atoms with Gasteiger partial charge in [0.05, 0.1) is 35.2 Å². The fourth-order valence-corrected chi connectivity index (χ4v) is 6.72. The monoisotopic (exact) mass is 502 g/mol. The summed E-state index contributed by atoms with van der Waals surface area (Å²) in [5.74, 6) is 1.59. The number of nitrogens with one attached hydrogen (secondary N) is 1. The quantitative estimate of drug-likeness (QED) is 0.310. The second-order valence-electron chi connectivity index (χ2n) is 8.34. The van der Waals surface area contributed by atoms with E-state index in [0.717, 1.165) is 29.5 Å². The van der Waals surface area contributed by atoms with Gasteiger partial charge in [-0.3, -0.25) is 14.2 Å². The van der Waals surface area contributed by atoms with E-state index in [0.29, 0.717) is 51.7 Å². The van der Waals surface area contributed by atoms with E-state index in [1.54, 1.807) is 41.2 Å². The van der Waals surface area contributed by atoms with Crippen LogP contribution in [0.1, 0.15) is 29.6 Å². The Morgan fingerprint density at radius 1 is 1.33 bits per heavy atom. The van der Waals surface area contributed by atoms with Crippen molar-refractivity contribution >= 4 is 55.8 Å². The Morgan fingerprint density at radius 2 is 2.18 bits per heavy atom. The number of thiophene rings is 1. The summed E-state index contributed by atoms with van der Waals surface area (Å²) in [6.07, 6.45) is 3.05. The van der Waals surface area contributed by atoms with E-state index in [1.165, 1.54) is 22.2 Å². The van der Waals surface area contributed by atoms with Gasteiger partial charge in [-0.05, 0) is 48.9 Å². The highest BCUT2D eigenvalue weighted by Gasteiger charge is 2.23. The van der Waals surface area contributed by atoms with E-state index >= 15 is 0 Å². The minimum atomic E-state index is -0.145. The average Bonchev–Trinajstić information content (AvgIpc) is 3.14. The van der Waals surface area contributed by atoms with Crippen LogP contribution in [-0.4, -0.2) is 33.2 Å². The number of hydrogen-bond acceptors (Lipinski definition) is 7. The second kappa shape index (κ2) is 9.21. The van der Waals surface area contributed by atoms with E-state index in [1.807, 2.05) is 0 Å². The number of fused-ring (bicyclic) bond motifs is 4. The summed E-state index contributed by atoms with van der Waals surface area (Å²) in [4.78, 5) is 40.4. The third kappa shape index (κ3) is 4.35. The number of aromatic nitrogens is 4. The summed E-state index contributed by atoms with van der Waals surface area (Å²) < 4.78 is 6.79. The summed E-state index contributed by atoms with van der Waals surface area (Å²) in [5, 5.41) is 2.30. The molecule has 0 fully saturated rings. The molecule has 7 nitrogen and oxygen atoms in total. The zero-order chi connectivity index (χ0) is 23.1. The SMILES string of the molecule is COCCn1c(SCc2nc3sc4c(c3c(=O)[nH]2)CCC(C)C4)nc2cc(Cl)ccc2c1=O. The molecule has 0 aliphatic heterocycles. The van der Waals surface area contributed by atoms with E-state index < -0.39 is 0 Å². The number of nitrogens with zero attached hydrogens (tertiary/aromatic N) is 3. The van der Waals surface area contributed by atoms with Crippen LogP contribution in [-0.2, 0) is 29.9 Å². The van der Waals surface area contributed by atoms with Crippen LogP contribution in [0.25, 0.3) is 21.1 Å². The van der Waals surface area contributed by atoms with E-state index in [9.17, 15) is 9.59 Å². The Kier molecular flexibility index (Phi) is 6.30. The molecule has 1 atom stereocenters. The lowest BCUT2D eigenvalue weighted by Crippen LogP contribution is -2.25. The molecule has 1 aromatic carbocycles. The van der Waals surface area contributed by atoms with Crippen LogP contribution in [0.5, 0.6) is 0 Å². The van der Waals surface area contributed by atoms with Crippen molar-refractivity contribution < 1.29 is 4.74 Å². The van der Waals surface area contributed by atoms with Crippen LogP contribution < -0.4 is 11.1 Å². The smallest absolute Gasteiger partial charge is 0.262 e. The molecule has 10 heteroatoms. The van der Waals surface area contributed by atoms with Crippen LogP contribution in [0, 0.1) is 5.92 Å². The van der Waals surface area contributed by atoms with Crippen LogP contribution in [0.2, 0.25) is 5.02 Å². The van der Waals surface area contributed by atoms with Crippen molar-refractivity contribution in [3.63, 3.8) is 0 Å². The molecule has 0 saturated heterocycles. The van der Waals surface area contributed by atoms with E-state index in [4.69, 9.17) is 21.3 Å². The highest BCUT2D eigenvalue weighted by atomic mass is 35.5. The topological polar surface area (TPSA) is 89.9 Å². The molecule has 4 aromatic rings. The number of rotatable bonds is 6. The van der Waals surface area contributed by atoms with Crippen LogP contribution in [0.3, 0.4) is 0 Å². The molecule has 5 rings (SSSR count). The summed E-state index contributed by atoms with van der Waals surface area (Å²) in [6, 6.07) is 5.06. The van der Waals surface area contributed by atoms with Gasteiger partial charge in [0.1, 0.15) is 10.7 Å². The molecule has 3 aromatic heterocycles. The Morgan fingerprint density at radius 3 is 3.00 bits per heavy atom. The molecule has 3 heterocycles. The number of aryl methyl sites for hydroxylation is 1. The van der Waals surface area contributed by atoms with Gasteiger partial charge in [0.15, 0.2) is 5.16 Å². The molecule has 172 valence electrons. The second-order valence-corrected chi connectivity index (χ2v) is 10.8. The van der Waals surface area contributed by atoms with Crippen LogP contribution in [0.4, 0.5) is 0 Å². The van der Waals surface area contributed by atoms with Crippen molar-refractivity contribution in [3.05, 3.63) is 60.2 Å². The van der Waals surface area contributed by atoms with Crippen molar-refractivity contribution in [2.45, 2.75) is 43.6 Å². The molecule has 1 aliphatic rings. The molecule has 1 aliphatic carbocycles. The predicted molar refractivity (Wildman–Crippen MR) is 134 cm³/mol. The summed E-state index contributed by atoms with van der Waals surface area (Å²) in [6.45, 7) is 3.01. The Balaban J connectivity index is 1.50. The van der Waals surface area contributed by atoms with Gasteiger partial charge in [-0.15, -0.1) is 11.3 Å². The summed E-state index contributed by atoms with van der Waals surface area (Å²) in [7, 11) is 1.59. The molecule has 33 heavy (non-hydrogen) atoms. The lowest BCUT2D eigenvalue weighted by Gasteiger charge is -2.17. The van der Waals surface area contributed by atoms with Gasteiger partial charge in [0.2, 0.25) is 0 Å². The average molecular weight is 503 g/mol. The van der Waals surface area contributed by atoms with Crippen LogP contribution >= 0.6 is 34.7 Å². The van der Waals surface area contributed by atoms with Crippen molar-refractivity contribution in [1.29, 1.82) is 0 Å². The normalized spacial score (nSPS) is 15.9. The Labute approximate surface area is 203 Å². The first-order chi connectivity index (χ1) is 15.9. The third-order valence-corrected chi connectivity index (χ3v) is 8.32. The number of ether oxygens (including phenoxy) is 1.